The predicted octanol–water partition coefficient (Wildman–Crippen LogP) is 2.49. The molecule has 0 aromatic carbocycles. The molecule has 2 N–H and O–H groups in total. The van der Waals surface area contributed by atoms with Crippen molar-refractivity contribution in [1.29, 1.82) is 0 Å². The number of thiophene rings is 2. The van der Waals surface area contributed by atoms with E-state index in [4.69, 9.17) is 0 Å². The monoisotopic (exact) mass is 363 g/mol. The number of rotatable bonds is 7. The fraction of sp³-hybridized carbons (Fsp3) is 0.412. The molecule has 0 spiro atoms. The van der Waals surface area contributed by atoms with Gasteiger partial charge in [0.05, 0.1) is 17.5 Å². The molecule has 1 atom stereocenters. The molecule has 2 aromatic heterocycles. The van der Waals surface area contributed by atoms with E-state index in [0.717, 1.165) is 13.1 Å². The minimum atomic E-state index is -0.200. The average Bonchev–Trinajstić information content (AvgIpc) is 3.35. The van der Waals surface area contributed by atoms with Crippen LogP contribution < -0.4 is 10.6 Å². The van der Waals surface area contributed by atoms with Crippen molar-refractivity contribution in [2.75, 3.05) is 26.2 Å². The van der Waals surface area contributed by atoms with Gasteiger partial charge in [-0.15, -0.1) is 22.7 Å². The summed E-state index contributed by atoms with van der Waals surface area (Å²) in [6, 6.07) is 7.97. The molecule has 1 aliphatic rings. The van der Waals surface area contributed by atoms with Crippen molar-refractivity contribution in [3.8, 4) is 0 Å². The van der Waals surface area contributed by atoms with Gasteiger partial charge in [0.15, 0.2) is 0 Å². The van der Waals surface area contributed by atoms with Gasteiger partial charge < -0.3 is 10.6 Å². The van der Waals surface area contributed by atoms with Gasteiger partial charge in [-0.25, -0.2) is 0 Å². The highest BCUT2D eigenvalue weighted by atomic mass is 32.1. The van der Waals surface area contributed by atoms with Gasteiger partial charge in [-0.2, -0.15) is 0 Å². The Hall–Kier alpha value is -1.70. The molecular formula is C17H21N3O2S2. The van der Waals surface area contributed by atoms with Crippen molar-refractivity contribution in [2.45, 2.75) is 18.9 Å². The number of carbonyl (C=O) groups excluding carboxylic acids is 2. The van der Waals surface area contributed by atoms with E-state index < -0.39 is 0 Å². The van der Waals surface area contributed by atoms with E-state index in [1.54, 1.807) is 17.4 Å². The second kappa shape index (κ2) is 8.41. The lowest BCUT2D eigenvalue weighted by molar-refractivity contribution is -0.120. The Morgan fingerprint density at radius 3 is 2.50 bits per heavy atom. The van der Waals surface area contributed by atoms with E-state index in [1.807, 2.05) is 17.5 Å². The molecule has 1 aliphatic heterocycles. The van der Waals surface area contributed by atoms with Gasteiger partial charge in [-0.05, 0) is 48.8 Å². The first-order chi connectivity index (χ1) is 11.7. The number of hydrogen-bond donors (Lipinski definition) is 2. The standard InChI is InChI=1S/C17H21N3O2S2/c21-16(12-19-17(22)15-6-4-10-24-15)18-11-13(14-5-3-9-23-14)20-7-1-2-8-20/h3-6,9-10,13H,1-2,7-8,11-12H2,(H,18,21)(H,19,22). The first-order valence-corrected chi connectivity index (χ1v) is 9.86. The summed E-state index contributed by atoms with van der Waals surface area (Å²) >= 11 is 3.09. The first kappa shape index (κ1) is 17.1. The SMILES string of the molecule is O=C(CNC(=O)c1cccs1)NCC(c1cccs1)N1CCCC1. The summed E-state index contributed by atoms with van der Waals surface area (Å²) in [7, 11) is 0. The van der Waals surface area contributed by atoms with Gasteiger partial charge >= 0.3 is 0 Å². The molecule has 3 rings (SSSR count). The van der Waals surface area contributed by atoms with E-state index in [0.29, 0.717) is 11.4 Å². The Morgan fingerprint density at radius 2 is 1.83 bits per heavy atom. The van der Waals surface area contributed by atoms with Crippen LogP contribution in [-0.2, 0) is 4.79 Å². The maximum atomic E-state index is 12.1. The summed E-state index contributed by atoms with van der Waals surface area (Å²) in [5, 5.41) is 9.54. The number of nitrogens with zero attached hydrogens (tertiary/aromatic N) is 1. The molecule has 2 amide bonds. The van der Waals surface area contributed by atoms with Crippen LogP contribution in [0.1, 0.15) is 33.4 Å². The number of amides is 2. The van der Waals surface area contributed by atoms with Crippen LogP contribution in [0.3, 0.4) is 0 Å². The maximum absolute atomic E-state index is 12.1. The second-order valence-corrected chi connectivity index (χ2v) is 7.67. The molecule has 0 bridgehead atoms. The van der Waals surface area contributed by atoms with Gasteiger partial charge in [-0.3, -0.25) is 14.5 Å². The summed E-state index contributed by atoms with van der Waals surface area (Å²) in [6.07, 6.45) is 2.43. The lowest BCUT2D eigenvalue weighted by Crippen LogP contribution is -2.41. The smallest absolute Gasteiger partial charge is 0.261 e. The molecule has 1 saturated heterocycles. The molecule has 0 radical (unpaired) electrons. The molecule has 5 nitrogen and oxygen atoms in total. The number of nitrogens with one attached hydrogen (secondary N) is 2. The molecule has 1 unspecified atom stereocenters. The second-order valence-electron chi connectivity index (χ2n) is 5.74. The van der Waals surface area contributed by atoms with Crippen LogP contribution in [0.15, 0.2) is 35.0 Å². The Labute approximate surface area is 149 Å². The summed E-state index contributed by atoms with van der Waals surface area (Å²) in [5.74, 6) is -0.352. The summed E-state index contributed by atoms with van der Waals surface area (Å²) in [5.41, 5.74) is 0. The van der Waals surface area contributed by atoms with Crippen LogP contribution in [0, 0.1) is 0 Å². The van der Waals surface area contributed by atoms with Crippen LogP contribution in [0.4, 0.5) is 0 Å². The van der Waals surface area contributed by atoms with Crippen molar-refractivity contribution in [3.05, 3.63) is 44.8 Å². The molecule has 0 saturated carbocycles. The molecule has 7 heteroatoms. The minimum Gasteiger partial charge on any atom is -0.353 e. The highest BCUT2D eigenvalue weighted by molar-refractivity contribution is 7.12. The van der Waals surface area contributed by atoms with E-state index in [2.05, 4.69) is 27.0 Å². The van der Waals surface area contributed by atoms with Crippen LogP contribution in [0.25, 0.3) is 0 Å². The summed E-state index contributed by atoms with van der Waals surface area (Å²) in [4.78, 5) is 28.3. The van der Waals surface area contributed by atoms with Crippen molar-refractivity contribution in [3.63, 3.8) is 0 Å². The van der Waals surface area contributed by atoms with Gasteiger partial charge in [0.1, 0.15) is 0 Å². The fourth-order valence-corrected chi connectivity index (χ4v) is 4.37. The van der Waals surface area contributed by atoms with Gasteiger partial charge in [0.2, 0.25) is 5.91 Å². The summed E-state index contributed by atoms with van der Waals surface area (Å²) < 4.78 is 0. The number of carbonyl (C=O) groups is 2. The Kier molecular flexibility index (Phi) is 6.01. The third-order valence-electron chi connectivity index (χ3n) is 4.10. The quantitative estimate of drug-likeness (QED) is 0.794. The molecule has 1 fully saturated rings. The normalized spacial score (nSPS) is 16.0. The molecule has 2 aromatic rings. The van der Waals surface area contributed by atoms with Crippen LogP contribution in [-0.4, -0.2) is 42.9 Å². The Morgan fingerprint density at radius 1 is 1.08 bits per heavy atom. The number of likely N-dealkylation sites (tertiary alicyclic amines) is 1. The Balaban J connectivity index is 1.49. The molecule has 3 heterocycles. The van der Waals surface area contributed by atoms with Gasteiger partial charge in [0.25, 0.3) is 5.91 Å². The van der Waals surface area contributed by atoms with Crippen molar-refractivity contribution < 1.29 is 9.59 Å². The van der Waals surface area contributed by atoms with E-state index in [1.165, 1.54) is 29.1 Å². The highest BCUT2D eigenvalue weighted by Gasteiger charge is 2.24. The largest absolute Gasteiger partial charge is 0.353 e. The van der Waals surface area contributed by atoms with Gasteiger partial charge in [0, 0.05) is 11.4 Å². The average molecular weight is 364 g/mol. The first-order valence-electron chi connectivity index (χ1n) is 8.10. The zero-order valence-electron chi connectivity index (χ0n) is 13.4. The van der Waals surface area contributed by atoms with Crippen molar-refractivity contribution in [1.82, 2.24) is 15.5 Å². The lowest BCUT2D eigenvalue weighted by atomic mass is 10.2. The highest BCUT2D eigenvalue weighted by Crippen LogP contribution is 2.27. The lowest BCUT2D eigenvalue weighted by Gasteiger charge is -2.26. The zero-order valence-corrected chi connectivity index (χ0v) is 15.0. The maximum Gasteiger partial charge on any atom is 0.261 e. The molecule has 24 heavy (non-hydrogen) atoms. The third-order valence-corrected chi connectivity index (χ3v) is 5.94. The molecule has 0 aliphatic carbocycles. The zero-order chi connectivity index (χ0) is 16.8. The fourth-order valence-electron chi connectivity index (χ4n) is 2.87. The van der Waals surface area contributed by atoms with E-state index in [-0.39, 0.29) is 24.4 Å². The predicted molar refractivity (Wildman–Crippen MR) is 97.5 cm³/mol. The van der Waals surface area contributed by atoms with Gasteiger partial charge in [-0.1, -0.05) is 12.1 Å². The van der Waals surface area contributed by atoms with Crippen LogP contribution >= 0.6 is 22.7 Å². The summed E-state index contributed by atoms with van der Waals surface area (Å²) in [6.45, 7) is 2.74. The third kappa shape index (κ3) is 4.43. The van der Waals surface area contributed by atoms with E-state index >= 15 is 0 Å². The minimum absolute atomic E-state index is 0.00783. The van der Waals surface area contributed by atoms with Crippen molar-refractivity contribution in [2.24, 2.45) is 0 Å². The molecule has 128 valence electrons. The van der Waals surface area contributed by atoms with Crippen LogP contribution in [0.2, 0.25) is 0 Å². The molecular weight excluding hydrogens is 342 g/mol. The van der Waals surface area contributed by atoms with Crippen molar-refractivity contribution >= 4 is 34.5 Å². The Bertz CT molecular complexity index is 649. The number of hydrogen-bond acceptors (Lipinski definition) is 5. The van der Waals surface area contributed by atoms with E-state index in [9.17, 15) is 9.59 Å². The topological polar surface area (TPSA) is 61.4 Å². The van der Waals surface area contributed by atoms with Crippen LogP contribution in [0.5, 0.6) is 0 Å².